The van der Waals surface area contributed by atoms with Crippen molar-refractivity contribution in [1.29, 1.82) is 0 Å². The van der Waals surface area contributed by atoms with Gasteiger partial charge in [0.05, 0.1) is 13.2 Å². The van der Waals surface area contributed by atoms with E-state index in [0.717, 1.165) is 36.8 Å². The maximum Gasteiger partial charge on any atom is 0.326 e. The number of nitrogens with zero attached hydrogens (tertiary/aromatic N) is 1. The van der Waals surface area contributed by atoms with Crippen molar-refractivity contribution in [2.75, 3.05) is 13.7 Å². The smallest absolute Gasteiger partial charge is 0.326 e. The van der Waals surface area contributed by atoms with Crippen molar-refractivity contribution < 1.29 is 33.3 Å². The third kappa shape index (κ3) is 6.01. The highest BCUT2D eigenvalue weighted by Gasteiger charge is 2.41. The first-order valence-corrected chi connectivity index (χ1v) is 13.5. The molecule has 1 saturated carbocycles. The highest BCUT2D eigenvalue weighted by molar-refractivity contribution is 5.88. The molecular weight excluding hydrogens is 501 g/mol. The number of benzene rings is 2. The molecule has 1 aliphatic heterocycles. The molecule has 0 saturated heterocycles. The number of carbonyl (C=O) groups is 2. The minimum atomic E-state index is -1.09. The predicted molar refractivity (Wildman–Crippen MR) is 143 cm³/mol. The van der Waals surface area contributed by atoms with Crippen molar-refractivity contribution in [3.8, 4) is 11.5 Å². The Morgan fingerprint density at radius 1 is 1.08 bits per heavy atom. The average molecular weight is 536 g/mol. The Labute approximate surface area is 227 Å². The third-order valence-corrected chi connectivity index (χ3v) is 7.77. The van der Waals surface area contributed by atoms with Crippen molar-refractivity contribution in [2.45, 2.75) is 69.7 Å². The Bertz CT molecular complexity index is 1270. The zero-order valence-electron chi connectivity index (χ0n) is 22.1. The summed E-state index contributed by atoms with van der Waals surface area (Å²) in [6, 6.07) is 11.8. The van der Waals surface area contributed by atoms with Gasteiger partial charge in [-0.1, -0.05) is 55.3 Å². The van der Waals surface area contributed by atoms with E-state index < -0.39 is 18.1 Å². The minimum Gasteiger partial charge on any atom is -0.493 e. The van der Waals surface area contributed by atoms with Crippen LogP contribution in [0.1, 0.15) is 61.3 Å². The lowest BCUT2D eigenvalue weighted by molar-refractivity contribution is -0.160. The van der Waals surface area contributed by atoms with E-state index in [1.54, 1.807) is 12.1 Å². The first kappa shape index (κ1) is 26.9. The van der Waals surface area contributed by atoms with Crippen molar-refractivity contribution >= 4 is 11.9 Å². The van der Waals surface area contributed by atoms with E-state index in [2.05, 4.69) is 0 Å². The summed E-state index contributed by atoms with van der Waals surface area (Å²) in [6.07, 6.45) is 7.12. The molecule has 206 valence electrons. The average Bonchev–Trinajstić information content (AvgIpc) is 3.48. The highest BCUT2D eigenvalue weighted by Crippen LogP contribution is 2.40. The van der Waals surface area contributed by atoms with Crippen LogP contribution in [0.2, 0.25) is 0 Å². The molecule has 2 aromatic carbocycles. The summed E-state index contributed by atoms with van der Waals surface area (Å²) >= 11 is 0. The van der Waals surface area contributed by atoms with Crippen LogP contribution in [0.3, 0.4) is 0 Å². The summed E-state index contributed by atoms with van der Waals surface area (Å²) in [5.74, 6) is -0.654. The number of ether oxygens (including phenoxy) is 3. The lowest BCUT2D eigenvalue weighted by atomic mass is 9.91. The molecule has 2 aliphatic carbocycles. The molecule has 0 radical (unpaired) electrons. The van der Waals surface area contributed by atoms with Gasteiger partial charge in [-0.15, -0.1) is 0 Å². The third-order valence-electron chi connectivity index (χ3n) is 7.77. The fraction of sp³-hybridized carbons (Fsp3) is 0.419. The molecule has 0 spiro atoms. The van der Waals surface area contributed by atoms with Crippen molar-refractivity contribution in [3.05, 3.63) is 82.7 Å². The molecule has 2 atom stereocenters. The lowest BCUT2D eigenvalue weighted by Gasteiger charge is -2.38. The highest BCUT2D eigenvalue weighted by atomic mass is 19.1. The summed E-state index contributed by atoms with van der Waals surface area (Å²) in [7, 11) is 1.53. The van der Waals surface area contributed by atoms with Gasteiger partial charge in [0.25, 0.3) is 5.91 Å². The van der Waals surface area contributed by atoms with Crippen LogP contribution in [-0.2, 0) is 27.3 Å². The first-order chi connectivity index (χ1) is 18.9. The van der Waals surface area contributed by atoms with E-state index in [0.29, 0.717) is 35.5 Å². The van der Waals surface area contributed by atoms with Gasteiger partial charge in [0.2, 0.25) is 0 Å². The van der Waals surface area contributed by atoms with Gasteiger partial charge in [-0.3, -0.25) is 4.79 Å². The van der Waals surface area contributed by atoms with Gasteiger partial charge in [-0.05, 0) is 48.1 Å². The van der Waals surface area contributed by atoms with Crippen molar-refractivity contribution in [1.82, 2.24) is 4.90 Å². The minimum absolute atomic E-state index is 0.0267. The first-order valence-electron chi connectivity index (χ1n) is 13.5. The molecule has 2 aromatic rings. The number of rotatable bonds is 9. The molecule has 1 N–H and O–H groups in total. The molecule has 5 rings (SSSR count). The van der Waals surface area contributed by atoms with Gasteiger partial charge in [0.1, 0.15) is 18.5 Å². The van der Waals surface area contributed by atoms with Crippen LogP contribution in [0.4, 0.5) is 4.39 Å². The summed E-state index contributed by atoms with van der Waals surface area (Å²) < 4.78 is 31.5. The summed E-state index contributed by atoms with van der Waals surface area (Å²) in [6.45, 7) is 0.349. The number of carboxylic acids is 1. The summed E-state index contributed by atoms with van der Waals surface area (Å²) in [4.78, 5) is 28.0. The molecule has 0 bridgehead atoms. The van der Waals surface area contributed by atoms with Crippen LogP contribution in [0.5, 0.6) is 11.5 Å². The number of allylic oxidation sites excluding steroid dienone is 3. The Hall–Kier alpha value is -3.65. The van der Waals surface area contributed by atoms with Crippen LogP contribution in [0.25, 0.3) is 0 Å². The van der Waals surface area contributed by atoms with Gasteiger partial charge in [0.15, 0.2) is 17.6 Å². The molecule has 3 aliphatic rings. The standard InChI is InChI=1S/C31H34FNO6/c1-37-27-16-13-22-18-33(30(34)28(21-7-3-2-4-8-21)39-24-9-5-6-10-24)26(31(35)36)17-25(22)29(27)38-19-20-11-14-23(32)15-12-20/h2-4,7-8,11,13-14,16,24,26,28H,5-6,9-10,12,15,17-19H2,1H3,(H,35,36)/t26-,28-/m1/s1. The lowest BCUT2D eigenvalue weighted by Crippen LogP contribution is -2.50. The van der Waals surface area contributed by atoms with Crippen LogP contribution in [0.15, 0.2) is 66.0 Å². The number of hydrogen-bond donors (Lipinski definition) is 1. The van der Waals surface area contributed by atoms with Gasteiger partial charge < -0.3 is 24.2 Å². The Morgan fingerprint density at radius 2 is 1.85 bits per heavy atom. The van der Waals surface area contributed by atoms with Gasteiger partial charge in [0, 0.05) is 24.9 Å². The second kappa shape index (κ2) is 12.0. The molecule has 1 heterocycles. The summed E-state index contributed by atoms with van der Waals surface area (Å²) in [5.41, 5.74) is 3.16. The second-order valence-electron chi connectivity index (χ2n) is 10.3. The number of carbonyl (C=O) groups excluding carboxylic acids is 1. The SMILES string of the molecule is COc1ccc2c(c1OCC1=CC=C(F)CC1)C[C@H](C(=O)O)N(C(=O)[C@H](OC1CCCC1)c1ccccc1)C2. The van der Waals surface area contributed by atoms with E-state index in [9.17, 15) is 19.1 Å². The molecule has 0 aromatic heterocycles. The van der Waals surface area contributed by atoms with Crippen molar-refractivity contribution in [2.24, 2.45) is 0 Å². The zero-order valence-corrected chi connectivity index (χ0v) is 22.1. The number of halogens is 1. The Balaban J connectivity index is 1.44. The molecular formula is C31H34FNO6. The van der Waals surface area contributed by atoms with Crippen LogP contribution in [-0.4, -0.2) is 47.7 Å². The molecule has 0 unspecified atom stereocenters. The summed E-state index contributed by atoms with van der Waals surface area (Å²) in [5, 5.41) is 10.2. The molecule has 1 amide bonds. The number of fused-ring (bicyclic) bond motifs is 1. The second-order valence-corrected chi connectivity index (χ2v) is 10.3. The van der Waals surface area contributed by atoms with E-state index in [1.165, 1.54) is 18.1 Å². The van der Waals surface area contributed by atoms with E-state index in [-0.39, 0.29) is 37.4 Å². The van der Waals surface area contributed by atoms with Crippen LogP contribution < -0.4 is 9.47 Å². The number of amides is 1. The maximum atomic E-state index is 14.0. The van der Waals surface area contributed by atoms with Crippen LogP contribution >= 0.6 is 0 Å². The molecule has 1 fully saturated rings. The van der Waals surface area contributed by atoms with E-state index in [1.807, 2.05) is 36.4 Å². The van der Waals surface area contributed by atoms with Gasteiger partial charge in [-0.25, -0.2) is 9.18 Å². The predicted octanol–water partition coefficient (Wildman–Crippen LogP) is 5.69. The number of aliphatic carboxylic acids is 1. The van der Waals surface area contributed by atoms with Gasteiger partial charge >= 0.3 is 5.97 Å². The topological polar surface area (TPSA) is 85.3 Å². The molecule has 39 heavy (non-hydrogen) atoms. The van der Waals surface area contributed by atoms with E-state index >= 15 is 0 Å². The molecule has 7 nitrogen and oxygen atoms in total. The largest absolute Gasteiger partial charge is 0.493 e. The van der Waals surface area contributed by atoms with Crippen LogP contribution in [0, 0.1) is 0 Å². The normalized spacial score (nSPS) is 20.1. The number of hydrogen-bond acceptors (Lipinski definition) is 5. The van der Waals surface area contributed by atoms with E-state index in [4.69, 9.17) is 14.2 Å². The van der Waals surface area contributed by atoms with Gasteiger partial charge in [-0.2, -0.15) is 0 Å². The quantitative estimate of drug-likeness (QED) is 0.444. The van der Waals surface area contributed by atoms with Crippen molar-refractivity contribution in [3.63, 3.8) is 0 Å². The Kier molecular flexibility index (Phi) is 8.31. The zero-order chi connectivity index (χ0) is 27.4. The fourth-order valence-corrected chi connectivity index (χ4v) is 5.60. The number of methoxy groups -OCH3 is 1. The Morgan fingerprint density at radius 3 is 2.51 bits per heavy atom. The fourth-order valence-electron chi connectivity index (χ4n) is 5.60. The molecule has 8 heteroatoms. The monoisotopic (exact) mass is 535 g/mol. The maximum absolute atomic E-state index is 14.0. The number of carboxylic acid groups (broad SMARTS) is 1.